The fourth-order valence-corrected chi connectivity index (χ4v) is 8.32. The third kappa shape index (κ3) is 10.5. The molecule has 0 spiro atoms. The monoisotopic (exact) mass is 803 g/mol. The first-order chi connectivity index (χ1) is 27.3. The van der Waals surface area contributed by atoms with E-state index in [0.717, 1.165) is 44.4 Å². The number of anilines is 1. The number of hydrogen-bond acceptors (Lipinski definition) is 11. The molecule has 2 N–H and O–H groups in total. The van der Waals surface area contributed by atoms with Crippen molar-refractivity contribution in [2.24, 2.45) is 0 Å². The molecule has 57 heavy (non-hydrogen) atoms. The largest absolute Gasteiger partial charge is 0.346 e. The van der Waals surface area contributed by atoms with Crippen LogP contribution in [-0.4, -0.2) is 75.0 Å². The molecule has 1 saturated heterocycles. The van der Waals surface area contributed by atoms with Gasteiger partial charge in [-0.1, -0.05) is 67.8 Å². The summed E-state index contributed by atoms with van der Waals surface area (Å²) < 4.78 is 6.96. The van der Waals surface area contributed by atoms with Crippen molar-refractivity contribution in [2.75, 3.05) is 23.7 Å². The number of carbonyl (C=O) groups is 5. The molecule has 0 saturated carbocycles. The van der Waals surface area contributed by atoms with E-state index in [9.17, 15) is 24.0 Å². The lowest BCUT2D eigenvalue weighted by Crippen LogP contribution is -2.39. The maximum absolute atomic E-state index is 12.9. The van der Waals surface area contributed by atoms with Gasteiger partial charge >= 0.3 is 5.97 Å². The Bertz CT molecular complexity index is 1900. The molecule has 0 bridgehead atoms. The first kappa shape index (κ1) is 43.5. The van der Waals surface area contributed by atoms with Crippen LogP contribution in [0.25, 0.3) is 0 Å². The normalized spacial score (nSPS) is 18.1. The minimum absolute atomic E-state index is 0.0158. The number of ketones is 1. The Morgan fingerprint density at radius 1 is 0.912 bits per heavy atom. The molecule has 2 aromatic carbocycles. The van der Waals surface area contributed by atoms with Crippen LogP contribution in [-0.2, 0) is 49.0 Å². The topological polar surface area (TPSA) is 155 Å². The van der Waals surface area contributed by atoms with Crippen molar-refractivity contribution in [2.45, 2.75) is 116 Å². The van der Waals surface area contributed by atoms with Gasteiger partial charge in [-0.2, -0.15) is 4.58 Å². The maximum Gasteiger partial charge on any atom is 0.333 e. The SMILES string of the molecule is CC(=O)C(CCCC(=O)ON1C(=O)CCC1=O)NC(=O)CCCCCN1/C(=C\C=C\C2=[N+](CCCSOOO)c3ccccc3C2(C)C)C(C)(C)c2ccccc21. The van der Waals surface area contributed by atoms with Crippen LogP contribution in [0.2, 0.25) is 0 Å². The minimum atomic E-state index is -0.737. The summed E-state index contributed by atoms with van der Waals surface area (Å²) in [5.74, 6) is -1.61. The number of amides is 3. The van der Waals surface area contributed by atoms with Crippen molar-refractivity contribution in [3.63, 3.8) is 0 Å². The molecule has 3 heterocycles. The van der Waals surface area contributed by atoms with Crippen molar-refractivity contribution < 1.29 is 48.0 Å². The molecule has 1 unspecified atom stereocenters. The first-order valence-corrected chi connectivity index (χ1v) is 20.6. The molecule has 0 aromatic heterocycles. The zero-order valence-electron chi connectivity index (χ0n) is 33.6. The molecule has 0 aliphatic carbocycles. The number of rotatable bonds is 21. The summed E-state index contributed by atoms with van der Waals surface area (Å²) in [6, 6.07) is 16.3. The highest BCUT2D eigenvalue weighted by Crippen LogP contribution is 2.48. The van der Waals surface area contributed by atoms with Gasteiger partial charge < -0.3 is 15.1 Å². The van der Waals surface area contributed by atoms with Crippen LogP contribution < -0.4 is 10.2 Å². The first-order valence-electron chi connectivity index (χ1n) is 19.7. The number of nitrogens with one attached hydrogen (secondary N) is 1. The number of para-hydroxylation sites is 2. The summed E-state index contributed by atoms with van der Waals surface area (Å²) >= 11 is 1.07. The zero-order chi connectivity index (χ0) is 41.2. The van der Waals surface area contributed by atoms with Crippen molar-refractivity contribution in [1.82, 2.24) is 10.4 Å². The van der Waals surface area contributed by atoms with Crippen LogP contribution in [0.15, 0.2) is 72.5 Å². The van der Waals surface area contributed by atoms with Crippen LogP contribution in [0.1, 0.15) is 110 Å². The predicted molar refractivity (Wildman–Crippen MR) is 217 cm³/mol. The molecule has 1 atom stereocenters. The molecule has 3 aliphatic rings. The lowest BCUT2D eigenvalue weighted by Gasteiger charge is -2.27. The van der Waals surface area contributed by atoms with Crippen molar-refractivity contribution in [3.8, 4) is 0 Å². The van der Waals surface area contributed by atoms with Gasteiger partial charge in [-0.15, -0.1) is 9.40 Å². The predicted octanol–water partition coefficient (Wildman–Crippen LogP) is 7.17. The van der Waals surface area contributed by atoms with Gasteiger partial charge in [0.05, 0.1) is 11.5 Å². The van der Waals surface area contributed by atoms with Crippen molar-refractivity contribution in [1.29, 1.82) is 0 Å². The Hall–Kier alpha value is -4.63. The lowest BCUT2D eigenvalue weighted by molar-refractivity contribution is -0.438. The number of unbranched alkanes of at least 4 members (excludes halogenated alkanes) is 2. The van der Waals surface area contributed by atoms with E-state index in [1.54, 1.807) is 0 Å². The fourth-order valence-electron chi connectivity index (χ4n) is 7.96. The number of nitrogens with zero attached hydrogens (tertiary/aromatic N) is 3. The van der Waals surface area contributed by atoms with Crippen LogP contribution in [0, 0.1) is 0 Å². The van der Waals surface area contributed by atoms with Crippen LogP contribution in [0.3, 0.4) is 0 Å². The standard InChI is InChI=1S/C43H54N4O9S/c1-30(48)33(18-13-24-41(52)54-47-39(50)25-26-40(47)51)44-38(49)23-7-6-12-27-45-34-19-10-8-16-31(34)42(2,3)36(45)21-14-22-37-43(4,5)32-17-9-11-20-35(32)46(37)28-15-29-57-56-55-53/h8-11,14,16-17,19-22,33H,6-7,12-13,15,18,23-29H2,1-5H3,(H-,44,49,53)/p+1. The third-order valence-electron chi connectivity index (χ3n) is 11.0. The molecule has 14 heteroatoms. The highest BCUT2D eigenvalue weighted by molar-refractivity contribution is 7.94. The van der Waals surface area contributed by atoms with Crippen LogP contribution in [0.5, 0.6) is 0 Å². The number of carbonyl (C=O) groups excluding carboxylic acids is 5. The molecular formula is C43H55N4O9S+. The Morgan fingerprint density at radius 2 is 1.61 bits per heavy atom. The second-order valence-electron chi connectivity index (χ2n) is 15.7. The van der Waals surface area contributed by atoms with E-state index in [4.69, 9.17) is 10.1 Å². The number of Topliss-reactive ketones (excluding diaryl/α,β-unsaturated/α-hetero) is 1. The maximum atomic E-state index is 12.9. The summed E-state index contributed by atoms with van der Waals surface area (Å²) in [6.45, 7) is 12.0. The molecule has 3 amide bonds. The van der Waals surface area contributed by atoms with E-state index < -0.39 is 23.8 Å². The van der Waals surface area contributed by atoms with E-state index in [0.29, 0.717) is 17.2 Å². The smallest absolute Gasteiger partial charge is 0.333 e. The second-order valence-corrected chi connectivity index (χ2v) is 16.5. The summed E-state index contributed by atoms with van der Waals surface area (Å²) in [4.78, 5) is 68.0. The average molecular weight is 804 g/mol. The summed E-state index contributed by atoms with van der Waals surface area (Å²) in [5.41, 5.74) is 6.87. The van der Waals surface area contributed by atoms with E-state index in [1.165, 1.54) is 40.8 Å². The summed E-state index contributed by atoms with van der Waals surface area (Å²) in [7, 11) is 0. The molecule has 13 nitrogen and oxygen atoms in total. The van der Waals surface area contributed by atoms with E-state index in [1.807, 2.05) is 0 Å². The number of benzene rings is 2. The van der Waals surface area contributed by atoms with Gasteiger partial charge in [0.1, 0.15) is 6.54 Å². The zero-order valence-corrected chi connectivity index (χ0v) is 34.4. The van der Waals surface area contributed by atoms with E-state index in [2.05, 4.69) is 119 Å². The number of allylic oxidation sites excluding steroid dienone is 4. The van der Waals surface area contributed by atoms with Gasteiger partial charge in [-0.25, -0.2) is 10.1 Å². The van der Waals surface area contributed by atoms with Crippen molar-refractivity contribution >= 4 is 58.6 Å². The fraction of sp³-hybridized carbons (Fsp3) is 0.488. The Labute approximate surface area is 339 Å². The quantitative estimate of drug-likeness (QED) is 0.0330. The van der Waals surface area contributed by atoms with Crippen molar-refractivity contribution in [3.05, 3.63) is 83.6 Å². The molecule has 1 fully saturated rings. The molecule has 306 valence electrons. The number of hydroxylamine groups is 2. The van der Waals surface area contributed by atoms with E-state index in [-0.39, 0.29) is 61.0 Å². The third-order valence-corrected chi connectivity index (χ3v) is 11.6. The number of hydrogen-bond donors (Lipinski definition) is 2. The van der Waals surface area contributed by atoms with E-state index >= 15 is 0 Å². The number of fused-ring (bicyclic) bond motifs is 2. The molecule has 5 rings (SSSR count). The molecule has 2 aromatic rings. The van der Waals surface area contributed by atoms with Crippen LogP contribution >= 0.6 is 12.0 Å². The average Bonchev–Trinajstić information content (AvgIpc) is 3.69. The molecule has 0 radical (unpaired) electrons. The van der Waals surface area contributed by atoms with Gasteiger partial charge in [0.2, 0.25) is 11.6 Å². The van der Waals surface area contributed by atoms with Gasteiger partial charge in [0.15, 0.2) is 11.5 Å². The van der Waals surface area contributed by atoms with Gasteiger partial charge in [0.25, 0.3) is 11.8 Å². The highest BCUT2D eigenvalue weighted by Gasteiger charge is 2.44. The van der Waals surface area contributed by atoms with Gasteiger partial charge in [-0.3, -0.25) is 19.2 Å². The Balaban J connectivity index is 1.17. The summed E-state index contributed by atoms with van der Waals surface area (Å²) in [5, 5.41) is 15.6. The van der Waals surface area contributed by atoms with Gasteiger partial charge in [0, 0.05) is 90.9 Å². The number of imide groups is 1. The Kier molecular flexibility index (Phi) is 15.0. The highest BCUT2D eigenvalue weighted by atomic mass is 32.2. The molecule has 3 aliphatic heterocycles. The second kappa shape index (κ2) is 19.7. The van der Waals surface area contributed by atoms with Crippen LogP contribution in [0.4, 0.5) is 11.4 Å². The minimum Gasteiger partial charge on any atom is -0.346 e. The Morgan fingerprint density at radius 3 is 2.33 bits per heavy atom. The summed E-state index contributed by atoms with van der Waals surface area (Å²) in [6.07, 6.45) is 10.5. The van der Waals surface area contributed by atoms with Gasteiger partial charge in [-0.05, 0) is 64.2 Å². The molecular weight excluding hydrogens is 749 g/mol. The lowest BCUT2D eigenvalue weighted by atomic mass is 9.81.